The van der Waals surface area contributed by atoms with E-state index in [9.17, 15) is 9.90 Å². The summed E-state index contributed by atoms with van der Waals surface area (Å²) in [5, 5.41) is 9.88. The topological polar surface area (TPSA) is 37.3 Å². The minimum absolute atomic E-state index is 0.131. The molecule has 0 spiro atoms. The van der Waals surface area contributed by atoms with Crippen molar-refractivity contribution in [2.45, 2.75) is 77.7 Å². The number of aliphatic hydroxyl groups is 1. The van der Waals surface area contributed by atoms with Crippen molar-refractivity contribution >= 4 is 6.29 Å². The van der Waals surface area contributed by atoms with Crippen LogP contribution in [0.15, 0.2) is 0 Å². The molecular weight excluding hydrogens is 200 g/mol. The maximum absolute atomic E-state index is 10.9. The van der Waals surface area contributed by atoms with Crippen LogP contribution in [0.1, 0.15) is 71.6 Å². The highest BCUT2D eigenvalue weighted by Crippen LogP contribution is 2.17. The van der Waals surface area contributed by atoms with E-state index in [0.29, 0.717) is 0 Å². The van der Waals surface area contributed by atoms with Gasteiger partial charge in [-0.05, 0) is 12.8 Å². The molecule has 0 aromatic carbocycles. The van der Waals surface area contributed by atoms with Crippen LogP contribution in [-0.4, -0.2) is 17.5 Å². The molecule has 0 aliphatic heterocycles. The van der Waals surface area contributed by atoms with Crippen LogP contribution in [0.3, 0.4) is 0 Å². The summed E-state index contributed by atoms with van der Waals surface area (Å²) in [6.45, 7) is 4.33. The Kier molecular flexibility index (Phi) is 10.9. The molecule has 2 heteroatoms. The van der Waals surface area contributed by atoms with Gasteiger partial charge >= 0.3 is 0 Å². The Morgan fingerprint density at radius 1 is 0.938 bits per heavy atom. The molecule has 96 valence electrons. The van der Waals surface area contributed by atoms with E-state index in [2.05, 4.69) is 13.8 Å². The van der Waals surface area contributed by atoms with E-state index in [4.69, 9.17) is 0 Å². The van der Waals surface area contributed by atoms with Crippen LogP contribution in [0.25, 0.3) is 0 Å². The summed E-state index contributed by atoms with van der Waals surface area (Å²) < 4.78 is 0. The van der Waals surface area contributed by atoms with Gasteiger partial charge in [-0.3, -0.25) is 0 Å². The molecule has 0 aliphatic carbocycles. The van der Waals surface area contributed by atoms with Gasteiger partial charge in [0.05, 0.1) is 6.10 Å². The second kappa shape index (κ2) is 11.1. The van der Waals surface area contributed by atoms with Gasteiger partial charge in [0.15, 0.2) is 0 Å². The fourth-order valence-corrected chi connectivity index (χ4v) is 1.98. The molecule has 0 saturated carbocycles. The van der Waals surface area contributed by atoms with E-state index in [-0.39, 0.29) is 5.92 Å². The summed E-state index contributed by atoms with van der Waals surface area (Å²) in [6.07, 6.45) is 10.2. The van der Waals surface area contributed by atoms with E-state index in [0.717, 1.165) is 44.8 Å². The Morgan fingerprint density at radius 3 is 2.06 bits per heavy atom. The molecule has 2 nitrogen and oxygen atoms in total. The Hall–Kier alpha value is -0.370. The molecule has 0 heterocycles. The molecule has 0 radical (unpaired) electrons. The fraction of sp³-hybridized carbons (Fsp3) is 0.929. The van der Waals surface area contributed by atoms with Crippen LogP contribution in [0.4, 0.5) is 0 Å². The standard InChI is InChI=1S/C14H28O2/c1-3-5-7-9-11-14(16)13(12-15)10-8-6-4-2/h12-14,16H,3-11H2,1-2H3. The van der Waals surface area contributed by atoms with Gasteiger partial charge in [-0.25, -0.2) is 0 Å². The summed E-state index contributed by atoms with van der Waals surface area (Å²) in [5.74, 6) is -0.131. The molecule has 0 rings (SSSR count). The van der Waals surface area contributed by atoms with Crippen molar-refractivity contribution in [2.75, 3.05) is 0 Å². The molecule has 0 bridgehead atoms. The van der Waals surface area contributed by atoms with Gasteiger partial charge in [0, 0.05) is 5.92 Å². The summed E-state index contributed by atoms with van der Waals surface area (Å²) in [7, 11) is 0. The highest BCUT2D eigenvalue weighted by Gasteiger charge is 2.17. The lowest BCUT2D eigenvalue weighted by Crippen LogP contribution is -2.21. The molecular formula is C14H28O2. The highest BCUT2D eigenvalue weighted by atomic mass is 16.3. The third kappa shape index (κ3) is 7.86. The van der Waals surface area contributed by atoms with Crippen molar-refractivity contribution in [2.24, 2.45) is 5.92 Å². The third-order valence-electron chi connectivity index (χ3n) is 3.16. The first-order valence-corrected chi connectivity index (χ1v) is 6.89. The van der Waals surface area contributed by atoms with Gasteiger partial charge in [-0.2, -0.15) is 0 Å². The summed E-state index contributed by atoms with van der Waals surface area (Å²) >= 11 is 0. The smallest absolute Gasteiger partial charge is 0.125 e. The molecule has 0 saturated heterocycles. The fourth-order valence-electron chi connectivity index (χ4n) is 1.98. The lowest BCUT2D eigenvalue weighted by atomic mass is 9.93. The number of carbonyl (C=O) groups is 1. The average molecular weight is 228 g/mol. The van der Waals surface area contributed by atoms with Gasteiger partial charge in [0.2, 0.25) is 0 Å². The molecule has 16 heavy (non-hydrogen) atoms. The highest BCUT2D eigenvalue weighted by molar-refractivity contribution is 5.54. The maximum atomic E-state index is 10.9. The van der Waals surface area contributed by atoms with Crippen molar-refractivity contribution < 1.29 is 9.90 Å². The molecule has 2 atom stereocenters. The molecule has 0 fully saturated rings. The number of hydrogen-bond acceptors (Lipinski definition) is 2. The summed E-state index contributed by atoms with van der Waals surface area (Å²) in [5.41, 5.74) is 0. The van der Waals surface area contributed by atoms with Crippen LogP contribution in [0.5, 0.6) is 0 Å². The molecule has 0 aromatic heterocycles. The molecule has 0 amide bonds. The van der Waals surface area contributed by atoms with Crippen molar-refractivity contribution in [1.82, 2.24) is 0 Å². The number of rotatable bonds is 11. The third-order valence-corrected chi connectivity index (χ3v) is 3.16. The number of unbranched alkanes of at least 4 members (excludes halogenated alkanes) is 5. The first-order valence-electron chi connectivity index (χ1n) is 6.89. The Balaban J connectivity index is 3.64. The van der Waals surface area contributed by atoms with E-state index in [1.807, 2.05) is 0 Å². The summed E-state index contributed by atoms with van der Waals surface area (Å²) in [4.78, 5) is 10.9. The zero-order chi connectivity index (χ0) is 12.2. The summed E-state index contributed by atoms with van der Waals surface area (Å²) in [6, 6.07) is 0. The normalized spacial score (nSPS) is 14.7. The predicted octanol–water partition coefficient (Wildman–Crippen LogP) is 3.71. The van der Waals surface area contributed by atoms with Crippen LogP contribution < -0.4 is 0 Å². The van der Waals surface area contributed by atoms with Gasteiger partial charge < -0.3 is 9.90 Å². The first kappa shape index (κ1) is 15.6. The quantitative estimate of drug-likeness (QED) is 0.432. The zero-order valence-corrected chi connectivity index (χ0v) is 11.0. The van der Waals surface area contributed by atoms with Gasteiger partial charge in [0.1, 0.15) is 6.29 Å². The SMILES string of the molecule is CCCCCCC(O)C(C=O)CCCCC. The Morgan fingerprint density at radius 2 is 1.50 bits per heavy atom. The number of aldehydes is 1. The van der Waals surface area contributed by atoms with Gasteiger partial charge in [-0.15, -0.1) is 0 Å². The number of aliphatic hydroxyl groups excluding tert-OH is 1. The monoisotopic (exact) mass is 228 g/mol. The number of carbonyl (C=O) groups excluding carboxylic acids is 1. The minimum atomic E-state index is -0.411. The molecule has 1 N–H and O–H groups in total. The van der Waals surface area contributed by atoms with E-state index >= 15 is 0 Å². The average Bonchev–Trinajstić information content (AvgIpc) is 2.30. The van der Waals surface area contributed by atoms with Crippen LogP contribution in [0, 0.1) is 5.92 Å². The Labute approximate surface area is 100 Å². The first-order chi connectivity index (χ1) is 7.76. The molecule has 0 aromatic rings. The van der Waals surface area contributed by atoms with E-state index < -0.39 is 6.10 Å². The van der Waals surface area contributed by atoms with E-state index in [1.54, 1.807) is 0 Å². The van der Waals surface area contributed by atoms with Crippen molar-refractivity contribution in [3.05, 3.63) is 0 Å². The number of hydrogen-bond donors (Lipinski definition) is 1. The van der Waals surface area contributed by atoms with Gasteiger partial charge in [-0.1, -0.05) is 58.8 Å². The second-order valence-corrected chi connectivity index (χ2v) is 4.71. The van der Waals surface area contributed by atoms with Crippen LogP contribution in [0.2, 0.25) is 0 Å². The van der Waals surface area contributed by atoms with Crippen LogP contribution in [-0.2, 0) is 4.79 Å². The van der Waals surface area contributed by atoms with Crippen molar-refractivity contribution in [3.63, 3.8) is 0 Å². The van der Waals surface area contributed by atoms with Gasteiger partial charge in [0.25, 0.3) is 0 Å². The second-order valence-electron chi connectivity index (χ2n) is 4.71. The maximum Gasteiger partial charge on any atom is 0.125 e. The van der Waals surface area contributed by atoms with Crippen molar-refractivity contribution in [1.29, 1.82) is 0 Å². The van der Waals surface area contributed by atoms with Crippen molar-refractivity contribution in [3.8, 4) is 0 Å². The largest absolute Gasteiger partial charge is 0.392 e. The molecule has 0 aliphatic rings. The lowest BCUT2D eigenvalue weighted by Gasteiger charge is -2.17. The predicted molar refractivity (Wildman–Crippen MR) is 68.5 cm³/mol. The Bertz CT molecular complexity index is 157. The van der Waals surface area contributed by atoms with Crippen LogP contribution >= 0.6 is 0 Å². The minimum Gasteiger partial charge on any atom is -0.392 e. The molecule has 2 unspecified atom stereocenters. The van der Waals surface area contributed by atoms with E-state index in [1.165, 1.54) is 19.3 Å². The lowest BCUT2D eigenvalue weighted by molar-refractivity contribution is -0.114. The zero-order valence-electron chi connectivity index (χ0n) is 11.0.